The fraction of sp³-hybridized carbons (Fsp3) is 0.243. The summed E-state index contributed by atoms with van der Waals surface area (Å²) in [5.74, 6) is 0.448. The maximum absolute atomic E-state index is 12.4. The number of aromatic nitrogens is 6. The molecule has 0 aliphatic carbocycles. The molecule has 0 saturated heterocycles. The normalized spacial score (nSPS) is 12.4. The standard InChI is InChI=1S/C19H19Cl2N3OS.C18H17Cl2N3S/c1-11(2)18(24-7-5-4-6-16(24)25)17-12(3)22-23-19(17)26-15-9-13(20)8-14(21)10-15;1-3-16(12-5-4-6-21-10-12)17-11(2)22-23-18(17)24-15-8-13(19)7-14(20)9-15/h4-11,18H,1-3H3,(H,22,23);4-10,16H,3H2,1-2H3,(H,22,23). The number of rotatable bonds is 10. The van der Waals surface area contributed by atoms with Crippen molar-refractivity contribution in [3.63, 3.8) is 0 Å². The van der Waals surface area contributed by atoms with Gasteiger partial charge in [-0.15, -0.1) is 0 Å². The number of nitrogens with one attached hydrogen (secondary N) is 2. The van der Waals surface area contributed by atoms with Crippen LogP contribution in [0.2, 0.25) is 20.1 Å². The van der Waals surface area contributed by atoms with Crippen LogP contribution in [-0.2, 0) is 0 Å². The van der Waals surface area contributed by atoms with Crippen molar-refractivity contribution in [1.82, 2.24) is 29.9 Å². The summed E-state index contributed by atoms with van der Waals surface area (Å²) in [5.41, 5.74) is 5.38. The van der Waals surface area contributed by atoms with Gasteiger partial charge in [-0.1, -0.05) is 103 Å². The van der Waals surface area contributed by atoms with E-state index in [0.29, 0.717) is 20.1 Å². The molecule has 2 aromatic carbocycles. The molecule has 7 nitrogen and oxygen atoms in total. The van der Waals surface area contributed by atoms with Gasteiger partial charge in [0.1, 0.15) is 10.1 Å². The molecule has 13 heteroatoms. The van der Waals surface area contributed by atoms with Gasteiger partial charge in [0.15, 0.2) is 0 Å². The number of hydrogen-bond donors (Lipinski definition) is 2. The Hall–Kier alpha value is -3.18. The zero-order chi connectivity index (χ0) is 35.9. The number of hydrogen-bond acceptors (Lipinski definition) is 6. The second kappa shape index (κ2) is 17.4. The van der Waals surface area contributed by atoms with Gasteiger partial charge in [-0.05, 0) is 80.3 Å². The Bertz CT molecular complexity index is 2070. The van der Waals surface area contributed by atoms with E-state index in [-0.39, 0.29) is 23.4 Å². The van der Waals surface area contributed by atoms with Crippen molar-refractivity contribution in [2.75, 3.05) is 0 Å². The van der Waals surface area contributed by atoms with Crippen LogP contribution >= 0.6 is 69.9 Å². The molecule has 0 spiro atoms. The number of aryl methyl sites for hydroxylation is 2. The first-order valence-electron chi connectivity index (χ1n) is 15.9. The molecule has 6 rings (SSSR count). The largest absolute Gasteiger partial charge is 0.308 e. The summed E-state index contributed by atoms with van der Waals surface area (Å²) < 4.78 is 1.76. The molecule has 0 radical (unpaired) electrons. The van der Waals surface area contributed by atoms with Crippen molar-refractivity contribution in [3.8, 4) is 0 Å². The number of halogens is 4. The Balaban J connectivity index is 0.000000195. The third-order valence-electron chi connectivity index (χ3n) is 7.94. The molecule has 2 atom stereocenters. The zero-order valence-electron chi connectivity index (χ0n) is 28.0. The first kappa shape index (κ1) is 38.1. The molecule has 0 fully saturated rings. The van der Waals surface area contributed by atoms with E-state index in [2.05, 4.69) is 59.1 Å². The molecule has 260 valence electrons. The number of pyridine rings is 2. The van der Waals surface area contributed by atoms with Crippen molar-refractivity contribution in [1.29, 1.82) is 0 Å². The van der Waals surface area contributed by atoms with E-state index in [0.717, 1.165) is 43.2 Å². The van der Waals surface area contributed by atoms with Gasteiger partial charge in [-0.2, -0.15) is 10.2 Å². The van der Waals surface area contributed by atoms with Crippen LogP contribution in [-0.4, -0.2) is 29.9 Å². The minimum atomic E-state index is -0.125. The van der Waals surface area contributed by atoms with E-state index in [1.165, 1.54) is 22.9 Å². The van der Waals surface area contributed by atoms with E-state index in [4.69, 9.17) is 46.4 Å². The van der Waals surface area contributed by atoms with Gasteiger partial charge < -0.3 is 4.57 Å². The Labute approximate surface area is 320 Å². The highest BCUT2D eigenvalue weighted by molar-refractivity contribution is 7.99. The van der Waals surface area contributed by atoms with Gasteiger partial charge >= 0.3 is 0 Å². The molecular formula is C37H36Cl4N6OS2. The fourth-order valence-corrected chi connectivity index (χ4v) is 9.27. The molecule has 2 unspecified atom stereocenters. The molecular weight excluding hydrogens is 750 g/mol. The molecule has 0 amide bonds. The van der Waals surface area contributed by atoms with Crippen LogP contribution in [0.5, 0.6) is 0 Å². The third-order valence-corrected chi connectivity index (χ3v) is 10.8. The predicted octanol–water partition coefficient (Wildman–Crippen LogP) is 11.7. The topological polar surface area (TPSA) is 92.2 Å². The van der Waals surface area contributed by atoms with Crippen LogP contribution in [0, 0.1) is 19.8 Å². The number of H-pyrrole nitrogens is 2. The molecule has 2 N–H and O–H groups in total. The van der Waals surface area contributed by atoms with Crippen LogP contribution in [0.3, 0.4) is 0 Å². The van der Waals surface area contributed by atoms with Crippen molar-refractivity contribution < 1.29 is 0 Å². The quantitative estimate of drug-likeness (QED) is 0.144. The molecule has 0 saturated carbocycles. The van der Waals surface area contributed by atoms with E-state index >= 15 is 0 Å². The molecule has 4 aromatic heterocycles. The van der Waals surface area contributed by atoms with Gasteiger partial charge in [0.05, 0.1) is 6.04 Å². The predicted molar refractivity (Wildman–Crippen MR) is 208 cm³/mol. The van der Waals surface area contributed by atoms with Gasteiger partial charge in [0, 0.05) is 83.0 Å². The second-order valence-electron chi connectivity index (χ2n) is 11.9. The lowest BCUT2D eigenvalue weighted by molar-refractivity contribution is 0.419. The lowest BCUT2D eigenvalue weighted by Gasteiger charge is -2.24. The van der Waals surface area contributed by atoms with Crippen LogP contribution < -0.4 is 5.56 Å². The lowest BCUT2D eigenvalue weighted by Crippen LogP contribution is -2.28. The summed E-state index contributed by atoms with van der Waals surface area (Å²) in [6.45, 7) is 10.4. The summed E-state index contributed by atoms with van der Waals surface area (Å²) in [7, 11) is 0. The SMILES string of the molecule is CCC(c1cccnc1)c1c(Sc2cc(Cl)cc(Cl)c2)n[nH]c1C.Cc1[nH]nc(Sc2cc(Cl)cc(Cl)c2)c1C(C(C)C)n1ccccc1=O. The van der Waals surface area contributed by atoms with Crippen LogP contribution in [0.25, 0.3) is 0 Å². The molecule has 6 aromatic rings. The van der Waals surface area contributed by atoms with E-state index < -0.39 is 0 Å². The van der Waals surface area contributed by atoms with Crippen molar-refractivity contribution in [2.24, 2.45) is 5.92 Å². The highest BCUT2D eigenvalue weighted by Crippen LogP contribution is 2.41. The highest BCUT2D eigenvalue weighted by atomic mass is 35.5. The van der Waals surface area contributed by atoms with Crippen LogP contribution in [0.15, 0.2) is 110 Å². The molecule has 0 aliphatic rings. The van der Waals surface area contributed by atoms with E-state index in [9.17, 15) is 4.79 Å². The number of benzene rings is 2. The maximum atomic E-state index is 12.4. The maximum Gasteiger partial charge on any atom is 0.251 e. The average Bonchev–Trinajstić information content (AvgIpc) is 3.59. The van der Waals surface area contributed by atoms with Crippen molar-refractivity contribution in [3.05, 3.63) is 144 Å². The van der Waals surface area contributed by atoms with Crippen molar-refractivity contribution >= 4 is 69.9 Å². The third kappa shape index (κ3) is 9.37. The lowest BCUT2D eigenvalue weighted by atomic mass is 9.91. The summed E-state index contributed by atoms with van der Waals surface area (Å²) in [4.78, 5) is 18.6. The highest BCUT2D eigenvalue weighted by Gasteiger charge is 2.27. The average molecular weight is 787 g/mol. The van der Waals surface area contributed by atoms with E-state index in [1.54, 1.807) is 46.8 Å². The Morgan fingerprint density at radius 3 is 1.78 bits per heavy atom. The number of aromatic amines is 2. The second-order valence-corrected chi connectivity index (χ2v) is 15.8. The minimum absolute atomic E-state index is 0.0337. The molecule has 50 heavy (non-hydrogen) atoms. The molecule has 0 bridgehead atoms. The minimum Gasteiger partial charge on any atom is -0.308 e. The van der Waals surface area contributed by atoms with Crippen molar-refractivity contribution in [2.45, 2.75) is 72.8 Å². The smallest absolute Gasteiger partial charge is 0.251 e. The van der Waals surface area contributed by atoms with Crippen LogP contribution in [0.4, 0.5) is 0 Å². The van der Waals surface area contributed by atoms with Gasteiger partial charge in [-0.3, -0.25) is 20.0 Å². The molecule has 4 heterocycles. The Morgan fingerprint density at radius 2 is 1.30 bits per heavy atom. The Kier molecular flexibility index (Phi) is 13.2. The van der Waals surface area contributed by atoms with E-state index in [1.807, 2.05) is 55.7 Å². The van der Waals surface area contributed by atoms with Gasteiger partial charge in [-0.25, -0.2) is 0 Å². The van der Waals surface area contributed by atoms with Crippen LogP contribution in [0.1, 0.15) is 67.2 Å². The summed E-state index contributed by atoms with van der Waals surface area (Å²) >= 11 is 27.5. The summed E-state index contributed by atoms with van der Waals surface area (Å²) in [6.07, 6.45) is 6.51. The number of nitrogens with zero attached hydrogens (tertiary/aromatic N) is 4. The first-order valence-corrected chi connectivity index (χ1v) is 19.0. The first-order chi connectivity index (χ1) is 23.9. The van der Waals surface area contributed by atoms with Gasteiger partial charge in [0.25, 0.3) is 5.56 Å². The monoisotopic (exact) mass is 784 g/mol. The fourth-order valence-electron chi connectivity index (χ4n) is 5.80. The summed E-state index contributed by atoms with van der Waals surface area (Å²) in [5, 5.41) is 19.3. The molecule has 0 aliphatic heterocycles. The zero-order valence-corrected chi connectivity index (χ0v) is 32.7. The summed E-state index contributed by atoms with van der Waals surface area (Å²) in [6, 6.07) is 20.1. The van der Waals surface area contributed by atoms with Gasteiger partial charge in [0.2, 0.25) is 0 Å². The Morgan fingerprint density at radius 1 is 0.760 bits per heavy atom.